The first-order valence-corrected chi connectivity index (χ1v) is 15.6. The highest BCUT2D eigenvalue weighted by Crippen LogP contribution is 2.45. The lowest BCUT2D eigenvalue weighted by molar-refractivity contribution is 1.09. The number of halogens is 1. The van der Waals surface area contributed by atoms with Gasteiger partial charge in [0.15, 0.2) is 5.82 Å². The molecule has 0 unspecified atom stereocenters. The number of hydrogen-bond acceptors (Lipinski definition) is 2. The fourth-order valence-electron chi connectivity index (χ4n) is 6.41. The molecule has 192 valence electrons. The van der Waals surface area contributed by atoms with E-state index >= 15 is 0 Å². The minimum absolute atomic E-state index is 0.971. The third-order valence-corrected chi connectivity index (χ3v) is 10.5. The fraction of sp³-hybridized carbons (Fsp3) is 0. The van der Waals surface area contributed by atoms with Crippen molar-refractivity contribution >= 4 is 97.6 Å². The zero-order valence-electron chi connectivity index (χ0n) is 21.8. The van der Waals surface area contributed by atoms with Crippen LogP contribution in [0.25, 0.3) is 80.6 Å². The lowest BCUT2D eigenvalue weighted by Crippen LogP contribution is -2.03. The summed E-state index contributed by atoms with van der Waals surface area (Å²) in [5.41, 5.74) is 5.86. The second kappa shape index (κ2) is 8.87. The predicted molar refractivity (Wildman–Crippen MR) is 185 cm³/mol. The lowest BCUT2D eigenvalue weighted by Gasteiger charge is -2.17. The number of thiophene rings is 1. The number of rotatable bonds is 2. The van der Waals surface area contributed by atoms with Crippen molar-refractivity contribution in [1.29, 1.82) is 0 Å². The van der Waals surface area contributed by atoms with Crippen molar-refractivity contribution in [3.63, 3.8) is 0 Å². The molecule has 0 saturated carbocycles. The molecule has 3 aromatic heterocycles. The molecular weight excluding hydrogens is 631 g/mol. The van der Waals surface area contributed by atoms with Gasteiger partial charge in [-0.05, 0) is 63.7 Å². The Morgan fingerprint density at radius 3 is 2.12 bits per heavy atom. The minimum Gasteiger partial charge on any atom is -0.293 e. The van der Waals surface area contributed by atoms with Gasteiger partial charge in [-0.15, -0.1) is 11.3 Å². The molecule has 0 aliphatic heterocycles. The molecule has 0 radical (unpaired) electrons. The van der Waals surface area contributed by atoms with E-state index in [1.165, 1.54) is 69.3 Å². The van der Waals surface area contributed by atoms with Gasteiger partial charge < -0.3 is 0 Å². The summed E-state index contributed by atoms with van der Waals surface area (Å²) in [7, 11) is 0. The smallest absolute Gasteiger partial charge is 0.152 e. The molecule has 41 heavy (non-hydrogen) atoms. The van der Waals surface area contributed by atoms with E-state index < -0.39 is 0 Å². The zero-order valence-corrected chi connectivity index (χ0v) is 24.8. The molecule has 3 heterocycles. The van der Waals surface area contributed by atoms with E-state index in [-0.39, 0.29) is 0 Å². The molecule has 9 rings (SSSR count). The number of fused-ring (bicyclic) bond motifs is 8. The van der Waals surface area contributed by atoms with Gasteiger partial charge >= 0.3 is 0 Å². The summed E-state index contributed by atoms with van der Waals surface area (Å²) in [5, 5.41) is 8.78. The molecule has 0 spiro atoms. The molecule has 0 bridgehead atoms. The van der Waals surface area contributed by atoms with E-state index in [9.17, 15) is 0 Å². The Morgan fingerprint density at radius 1 is 0.561 bits per heavy atom. The number of hydrogen-bond donors (Lipinski definition) is 0. The molecule has 0 aliphatic carbocycles. The third-order valence-electron chi connectivity index (χ3n) is 8.24. The molecule has 0 atom stereocenters. The van der Waals surface area contributed by atoms with Gasteiger partial charge in [0, 0.05) is 47.5 Å². The number of para-hydroxylation sites is 2. The van der Waals surface area contributed by atoms with E-state index in [1.807, 2.05) is 11.3 Å². The van der Waals surface area contributed by atoms with Gasteiger partial charge in [-0.2, -0.15) is 0 Å². The van der Waals surface area contributed by atoms with Gasteiger partial charge in [0.05, 0.1) is 20.1 Å². The van der Waals surface area contributed by atoms with Gasteiger partial charge in [0.1, 0.15) is 0 Å². The molecule has 2 nitrogen and oxygen atoms in total. The quantitative estimate of drug-likeness (QED) is 0.170. The van der Waals surface area contributed by atoms with Crippen LogP contribution in [0.1, 0.15) is 0 Å². The first-order chi connectivity index (χ1) is 20.3. The Kier molecular flexibility index (Phi) is 5.07. The van der Waals surface area contributed by atoms with Crippen LogP contribution in [0.3, 0.4) is 0 Å². The zero-order chi connectivity index (χ0) is 27.1. The molecule has 6 aromatic carbocycles. The number of nitrogens with zero attached hydrogens (tertiary/aromatic N) is 2. The average Bonchev–Trinajstić information content (AvgIpc) is 3.55. The van der Waals surface area contributed by atoms with Crippen LogP contribution in [0.15, 0.2) is 127 Å². The maximum absolute atomic E-state index is 5.37. The van der Waals surface area contributed by atoms with Gasteiger partial charge in [-0.3, -0.25) is 4.57 Å². The molecule has 0 N–H and O–H groups in total. The molecule has 0 amide bonds. The highest BCUT2D eigenvalue weighted by Gasteiger charge is 2.22. The maximum Gasteiger partial charge on any atom is 0.152 e. The largest absolute Gasteiger partial charge is 0.293 e. The van der Waals surface area contributed by atoms with Crippen LogP contribution in [-0.2, 0) is 0 Å². The average molecular weight is 653 g/mol. The van der Waals surface area contributed by atoms with Crippen molar-refractivity contribution in [2.24, 2.45) is 0 Å². The van der Waals surface area contributed by atoms with Gasteiger partial charge in [0.25, 0.3) is 0 Å². The van der Waals surface area contributed by atoms with Gasteiger partial charge in [0.2, 0.25) is 0 Å². The van der Waals surface area contributed by atoms with Crippen LogP contribution in [-0.4, -0.2) is 9.55 Å². The third kappa shape index (κ3) is 3.38. The second-order valence-electron chi connectivity index (χ2n) is 10.5. The molecule has 0 saturated heterocycles. The van der Waals surface area contributed by atoms with Crippen LogP contribution in [0.2, 0.25) is 0 Å². The summed E-state index contributed by atoms with van der Waals surface area (Å²) in [5.74, 6) is 0.971. The van der Waals surface area contributed by atoms with Crippen LogP contribution in [0.5, 0.6) is 0 Å². The molecule has 0 aliphatic rings. The van der Waals surface area contributed by atoms with E-state index in [1.54, 1.807) is 0 Å². The standard InChI is InChI=1S/C37H21IN2S/c38-35-34(28-16-9-15-26-25-13-5-8-19-33(25)41-36(26)28)27-14-3-6-17-30(27)39-37(35)40-31-18-7-4-12-24(31)29-20-22-10-1-2-11-23(22)21-32(29)40/h1-21H. The summed E-state index contributed by atoms with van der Waals surface area (Å²) in [6, 6.07) is 46.0. The number of pyridine rings is 1. The number of benzene rings is 6. The van der Waals surface area contributed by atoms with Crippen molar-refractivity contribution in [3.8, 4) is 16.9 Å². The predicted octanol–water partition coefficient (Wildman–Crippen LogP) is 11.1. The van der Waals surface area contributed by atoms with Crippen molar-refractivity contribution < 1.29 is 0 Å². The van der Waals surface area contributed by atoms with Crippen LogP contribution < -0.4 is 0 Å². The highest BCUT2D eigenvalue weighted by atomic mass is 127. The van der Waals surface area contributed by atoms with Crippen molar-refractivity contribution in [2.45, 2.75) is 0 Å². The normalized spacial score (nSPS) is 12.0. The topological polar surface area (TPSA) is 17.8 Å². The van der Waals surface area contributed by atoms with E-state index in [0.29, 0.717) is 0 Å². The maximum atomic E-state index is 5.37. The molecule has 9 aromatic rings. The lowest BCUT2D eigenvalue weighted by atomic mass is 9.99. The Hall–Kier alpha value is -4.26. The highest BCUT2D eigenvalue weighted by molar-refractivity contribution is 14.1. The van der Waals surface area contributed by atoms with Crippen LogP contribution >= 0.6 is 33.9 Å². The van der Waals surface area contributed by atoms with E-state index in [0.717, 1.165) is 14.9 Å². The first kappa shape index (κ1) is 23.4. The Labute approximate surface area is 253 Å². The first-order valence-electron chi connectivity index (χ1n) is 13.7. The summed E-state index contributed by atoms with van der Waals surface area (Å²) in [6.45, 7) is 0. The molecule has 4 heteroatoms. The summed E-state index contributed by atoms with van der Waals surface area (Å²) < 4.78 is 6.17. The minimum atomic E-state index is 0.971. The van der Waals surface area contributed by atoms with E-state index in [2.05, 4.69) is 155 Å². The van der Waals surface area contributed by atoms with Gasteiger partial charge in [-0.1, -0.05) is 97.1 Å². The van der Waals surface area contributed by atoms with Crippen molar-refractivity contribution in [1.82, 2.24) is 9.55 Å². The monoisotopic (exact) mass is 652 g/mol. The summed E-state index contributed by atoms with van der Waals surface area (Å²) in [6.07, 6.45) is 0. The fourth-order valence-corrected chi connectivity index (χ4v) is 8.58. The van der Waals surface area contributed by atoms with Crippen LogP contribution in [0, 0.1) is 3.57 Å². The molecular formula is C37H21IN2S. The Balaban J connectivity index is 1.44. The summed E-state index contributed by atoms with van der Waals surface area (Å²) >= 11 is 4.43. The molecule has 0 fully saturated rings. The van der Waals surface area contributed by atoms with Crippen molar-refractivity contribution in [3.05, 3.63) is 131 Å². The van der Waals surface area contributed by atoms with Crippen LogP contribution in [0.4, 0.5) is 0 Å². The Morgan fingerprint density at radius 2 is 1.24 bits per heavy atom. The van der Waals surface area contributed by atoms with E-state index in [4.69, 9.17) is 4.98 Å². The second-order valence-corrected chi connectivity index (χ2v) is 12.6. The SMILES string of the molecule is Ic1c(-n2c3ccccc3c3cc4ccccc4cc32)nc2ccccc2c1-c1cccc2c1sc1ccccc12. The van der Waals surface area contributed by atoms with Crippen molar-refractivity contribution in [2.75, 3.05) is 0 Å². The summed E-state index contributed by atoms with van der Waals surface area (Å²) in [4.78, 5) is 5.37. The Bertz CT molecular complexity index is 2500. The number of aromatic nitrogens is 2. The van der Waals surface area contributed by atoms with Gasteiger partial charge in [-0.25, -0.2) is 4.98 Å².